The summed E-state index contributed by atoms with van der Waals surface area (Å²) in [6, 6.07) is 9.15. The average molecular weight is 287 g/mol. The van der Waals surface area contributed by atoms with Crippen molar-refractivity contribution in [2.45, 2.75) is 13.8 Å². The van der Waals surface area contributed by atoms with Crippen LogP contribution < -0.4 is 4.74 Å². The summed E-state index contributed by atoms with van der Waals surface area (Å²) in [5.74, 6) is -1.03. The summed E-state index contributed by atoms with van der Waals surface area (Å²) in [7, 11) is 0. The lowest BCUT2D eigenvalue weighted by Crippen LogP contribution is -2.02. The number of hydrogen-bond donors (Lipinski definition) is 1. The molecule has 0 aliphatic heterocycles. The van der Waals surface area contributed by atoms with Crippen LogP contribution in [-0.2, 0) is 0 Å². The lowest BCUT2D eigenvalue weighted by Gasteiger charge is -2.11. The normalized spacial score (nSPS) is 10.2. The molecule has 0 spiro atoms. The highest BCUT2D eigenvalue weighted by Crippen LogP contribution is 2.36. The zero-order valence-electron chi connectivity index (χ0n) is 11.5. The molecule has 108 valence electrons. The Labute approximate surface area is 120 Å². The van der Waals surface area contributed by atoms with Crippen LogP contribution in [-0.4, -0.2) is 16.0 Å². The van der Waals surface area contributed by atoms with E-state index in [-0.39, 0.29) is 22.7 Å². The van der Waals surface area contributed by atoms with Crippen molar-refractivity contribution in [1.82, 2.24) is 0 Å². The Morgan fingerprint density at radius 2 is 1.90 bits per heavy atom. The van der Waals surface area contributed by atoms with E-state index in [0.717, 1.165) is 5.56 Å². The monoisotopic (exact) mass is 287 g/mol. The first kappa shape index (κ1) is 14.5. The van der Waals surface area contributed by atoms with Gasteiger partial charge in [0.15, 0.2) is 0 Å². The predicted molar refractivity (Wildman–Crippen MR) is 76.0 cm³/mol. The van der Waals surface area contributed by atoms with Crippen LogP contribution in [0.1, 0.15) is 21.5 Å². The standard InChI is InChI=1S/C15H13NO5/c1-9-7-10(2)14(12(8-9)16(19)20)21-13-6-4-3-5-11(13)15(17)18/h3-8H,1-2H3,(H,17,18). The van der Waals surface area contributed by atoms with Crippen LogP contribution in [0.2, 0.25) is 0 Å². The number of nitrogens with zero attached hydrogens (tertiary/aromatic N) is 1. The number of carbonyl (C=O) groups is 1. The predicted octanol–water partition coefficient (Wildman–Crippen LogP) is 3.70. The number of benzene rings is 2. The highest BCUT2D eigenvalue weighted by Gasteiger charge is 2.21. The molecule has 0 unspecified atom stereocenters. The Kier molecular flexibility index (Phi) is 3.89. The van der Waals surface area contributed by atoms with E-state index in [0.29, 0.717) is 5.56 Å². The molecule has 2 rings (SSSR count). The molecule has 0 amide bonds. The molecule has 0 aromatic heterocycles. The van der Waals surface area contributed by atoms with E-state index in [9.17, 15) is 14.9 Å². The van der Waals surface area contributed by atoms with E-state index >= 15 is 0 Å². The van der Waals surface area contributed by atoms with Gasteiger partial charge in [0.05, 0.1) is 4.92 Å². The number of nitro groups is 1. The SMILES string of the molecule is Cc1cc(C)c(Oc2ccccc2C(=O)O)c([N+](=O)[O-])c1. The van der Waals surface area contributed by atoms with Gasteiger partial charge >= 0.3 is 11.7 Å². The Morgan fingerprint density at radius 3 is 2.52 bits per heavy atom. The van der Waals surface area contributed by atoms with Gasteiger partial charge in [0, 0.05) is 6.07 Å². The summed E-state index contributed by atoms with van der Waals surface area (Å²) < 4.78 is 5.53. The number of aryl methyl sites for hydroxylation is 2. The maximum absolute atomic E-state index is 11.2. The van der Waals surface area contributed by atoms with Crippen LogP contribution in [0.15, 0.2) is 36.4 Å². The van der Waals surface area contributed by atoms with Gasteiger partial charge in [0.25, 0.3) is 0 Å². The highest BCUT2D eigenvalue weighted by molar-refractivity contribution is 5.91. The number of hydrogen-bond acceptors (Lipinski definition) is 4. The van der Waals surface area contributed by atoms with Crippen molar-refractivity contribution in [2.75, 3.05) is 0 Å². The van der Waals surface area contributed by atoms with E-state index in [4.69, 9.17) is 9.84 Å². The summed E-state index contributed by atoms with van der Waals surface area (Å²) in [4.78, 5) is 21.8. The molecule has 0 aliphatic carbocycles. The van der Waals surface area contributed by atoms with Gasteiger partial charge in [-0.25, -0.2) is 4.79 Å². The van der Waals surface area contributed by atoms with E-state index in [2.05, 4.69) is 0 Å². The van der Waals surface area contributed by atoms with E-state index < -0.39 is 10.9 Å². The lowest BCUT2D eigenvalue weighted by atomic mass is 10.1. The molecular formula is C15H13NO5. The first-order valence-corrected chi connectivity index (χ1v) is 6.16. The third kappa shape index (κ3) is 3.00. The van der Waals surface area contributed by atoms with Gasteiger partial charge in [-0.05, 0) is 37.1 Å². The Bertz CT molecular complexity index is 724. The third-order valence-electron chi connectivity index (χ3n) is 2.93. The summed E-state index contributed by atoms with van der Waals surface area (Å²) in [5.41, 5.74) is 1.07. The number of carboxylic acid groups (broad SMARTS) is 1. The van der Waals surface area contributed by atoms with Gasteiger partial charge in [0.1, 0.15) is 11.3 Å². The molecule has 0 aliphatic rings. The summed E-state index contributed by atoms with van der Waals surface area (Å²) in [5, 5.41) is 20.3. The fourth-order valence-corrected chi connectivity index (χ4v) is 2.04. The largest absolute Gasteiger partial charge is 0.478 e. The fourth-order valence-electron chi connectivity index (χ4n) is 2.04. The van der Waals surface area contributed by atoms with E-state index in [1.807, 2.05) is 0 Å². The van der Waals surface area contributed by atoms with Crippen LogP contribution in [0.25, 0.3) is 0 Å². The van der Waals surface area contributed by atoms with Crippen molar-refractivity contribution in [3.63, 3.8) is 0 Å². The summed E-state index contributed by atoms with van der Waals surface area (Å²) in [6.45, 7) is 3.42. The van der Waals surface area contributed by atoms with Gasteiger partial charge < -0.3 is 9.84 Å². The average Bonchev–Trinajstić information content (AvgIpc) is 2.41. The molecular weight excluding hydrogens is 274 g/mol. The number of rotatable bonds is 4. The molecule has 0 radical (unpaired) electrons. The third-order valence-corrected chi connectivity index (χ3v) is 2.93. The van der Waals surface area contributed by atoms with Gasteiger partial charge in [0.2, 0.25) is 5.75 Å². The second kappa shape index (κ2) is 5.62. The first-order chi connectivity index (χ1) is 9.90. The van der Waals surface area contributed by atoms with E-state index in [1.165, 1.54) is 18.2 Å². The summed E-state index contributed by atoms with van der Waals surface area (Å²) >= 11 is 0. The molecule has 0 saturated heterocycles. The number of carboxylic acids is 1. The lowest BCUT2D eigenvalue weighted by molar-refractivity contribution is -0.385. The van der Waals surface area contributed by atoms with Crippen LogP contribution in [0.5, 0.6) is 11.5 Å². The molecule has 1 N–H and O–H groups in total. The molecule has 0 bridgehead atoms. The van der Waals surface area contributed by atoms with Crippen molar-refractivity contribution >= 4 is 11.7 Å². The maximum atomic E-state index is 11.2. The topological polar surface area (TPSA) is 89.7 Å². The van der Waals surface area contributed by atoms with Gasteiger partial charge in [-0.3, -0.25) is 10.1 Å². The van der Waals surface area contributed by atoms with Gasteiger partial charge in [-0.2, -0.15) is 0 Å². The Balaban J connectivity index is 2.55. The first-order valence-electron chi connectivity index (χ1n) is 6.16. The molecule has 0 fully saturated rings. The summed E-state index contributed by atoms with van der Waals surface area (Å²) in [6.07, 6.45) is 0. The number of nitro benzene ring substituents is 1. The second-order valence-electron chi connectivity index (χ2n) is 4.59. The van der Waals surface area contributed by atoms with Crippen LogP contribution in [0.4, 0.5) is 5.69 Å². The van der Waals surface area contributed by atoms with Crippen molar-refractivity contribution < 1.29 is 19.6 Å². The highest BCUT2D eigenvalue weighted by atomic mass is 16.6. The van der Waals surface area contributed by atoms with Crippen LogP contribution >= 0.6 is 0 Å². The minimum absolute atomic E-state index is 0.0493. The molecule has 6 heteroatoms. The number of para-hydroxylation sites is 1. The van der Waals surface area contributed by atoms with Gasteiger partial charge in [-0.15, -0.1) is 0 Å². The maximum Gasteiger partial charge on any atom is 0.339 e. The minimum atomic E-state index is -1.15. The molecule has 2 aromatic rings. The quantitative estimate of drug-likeness (QED) is 0.684. The van der Waals surface area contributed by atoms with Gasteiger partial charge in [-0.1, -0.05) is 18.2 Å². The Morgan fingerprint density at radius 1 is 1.24 bits per heavy atom. The van der Waals surface area contributed by atoms with Crippen molar-refractivity contribution in [3.8, 4) is 11.5 Å². The molecule has 2 aromatic carbocycles. The van der Waals surface area contributed by atoms with Crippen LogP contribution in [0.3, 0.4) is 0 Å². The Hall–Kier alpha value is -2.89. The van der Waals surface area contributed by atoms with Crippen LogP contribution in [0, 0.1) is 24.0 Å². The number of ether oxygens (including phenoxy) is 1. The molecule has 21 heavy (non-hydrogen) atoms. The fraction of sp³-hybridized carbons (Fsp3) is 0.133. The van der Waals surface area contributed by atoms with Crippen molar-refractivity contribution in [3.05, 3.63) is 63.2 Å². The van der Waals surface area contributed by atoms with Crippen molar-refractivity contribution in [1.29, 1.82) is 0 Å². The molecule has 0 heterocycles. The molecule has 0 saturated carbocycles. The smallest absolute Gasteiger partial charge is 0.339 e. The van der Waals surface area contributed by atoms with E-state index in [1.54, 1.807) is 32.0 Å². The minimum Gasteiger partial charge on any atom is -0.478 e. The number of aromatic carboxylic acids is 1. The second-order valence-corrected chi connectivity index (χ2v) is 4.59. The molecule has 6 nitrogen and oxygen atoms in total. The zero-order valence-corrected chi connectivity index (χ0v) is 11.5. The van der Waals surface area contributed by atoms with Crippen molar-refractivity contribution in [2.24, 2.45) is 0 Å². The zero-order chi connectivity index (χ0) is 15.6. The molecule has 0 atom stereocenters.